The van der Waals surface area contributed by atoms with Gasteiger partial charge in [-0.15, -0.1) is 0 Å². The molecule has 0 radical (unpaired) electrons. The summed E-state index contributed by atoms with van der Waals surface area (Å²) in [6, 6.07) is 0. The lowest BCUT2D eigenvalue weighted by molar-refractivity contribution is -0.123. The van der Waals surface area contributed by atoms with E-state index < -0.39 is 5.41 Å². The summed E-state index contributed by atoms with van der Waals surface area (Å²) in [4.78, 5) is 13.4. The maximum atomic E-state index is 10.7. The Morgan fingerprint density at radius 1 is 1.67 bits per heavy atom. The highest BCUT2D eigenvalue weighted by molar-refractivity contribution is 5.95. The summed E-state index contributed by atoms with van der Waals surface area (Å²) in [7, 11) is 0. The highest BCUT2D eigenvalue weighted by Gasteiger charge is 2.25. The van der Waals surface area contributed by atoms with Gasteiger partial charge < -0.3 is 5.53 Å². The van der Waals surface area contributed by atoms with E-state index in [9.17, 15) is 4.79 Å². The molecule has 50 valence electrons. The Morgan fingerprint density at radius 3 is 2.22 bits per heavy atom. The lowest BCUT2D eigenvalue weighted by Crippen LogP contribution is -2.23. The first-order valence-corrected chi connectivity index (χ1v) is 2.70. The molecule has 0 aromatic carbocycles. The molecule has 0 aliphatic carbocycles. The van der Waals surface area contributed by atoms with Gasteiger partial charge in [0.25, 0.3) is 6.21 Å². The van der Waals surface area contributed by atoms with Crippen molar-refractivity contribution < 1.29 is 9.58 Å². The van der Waals surface area contributed by atoms with Crippen LogP contribution in [0.5, 0.6) is 0 Å². The topological polar surface area (TPSA) is 53.5 Å². The zero-order valence-electron chi connectivity index (χ0n) is 5.88. The van der Waals surface area contributed by atoms with E-state index in [-0.39, 0.29) is 5.78 Å². The minimum atomic E-state index is -0.630. The van der Waals surface area contributed by atoms with Gasteiger partial charge in [0.2, 0.25) is 0 Å². The molecule has 3 nitrogen and oxygen atoms in total. The summed E-state index contributed by atoms with van der Waals surface area (Å²) in [5, 5.41) is 0. The van der Waals surface area contributed by atoms with Gasteiger partial charge in [-0.3, -0.25) is 4.79 Å². The van der Waals surface area contributed by atoms with Crippen LogP contribution in [-0.4, -0.2) is 16.8 Å². The molecule has 3 heteroatoms. The largest absolute Gasteiger partial charge is 0.362 e. The zero-order chi connectivity index (χ0) is 7.49. The minimum absolute atomic E-state index is 0.0136. The summed E-state index contributed by atoms with van der Waals surface area (Å²) in [6.45, 7) is 4.84. The SMILES string of the molecule is CC(=O)C(C)(C)C=[N+]=[N-]. The standard InChI is InChI=1S/C6H10N2O/c1-5(9)6(2,3)4-8-7/h4H,1-3H3. The number of carbonyl (C=O) groups excluding carboxylic acids is 1. The fourth-order valence-corrected chi connectivity index (χ4v) is 0.235. The van der Waals surface area contributed by atoms with E-state index in [4.69, 9.17) is 5.53 Å². The van der Waals surface area contributed by atoms with Crippen LogP contribution >= 0.6 is 0 Å². The van der Waals surface area contributed by atoms with Crippen LogP contribution < -0.4 is 0 Å². The Morgan fingerprint density at radius 2 is 2.11 bits per heavy atom. The molecular weight excluding hydrogens is 116 g/mol. The van der Waals surface area contributed by atoms with Crippen LogP contribution in [-0.2, 0) is 4.79 Å². The second-order valence-corrected chi connectivity index (χ2v) is 2.52. The molecule has 0 aromatic heterocycles. The van der Waals surface area contributed by atoms with Crippen molar-refractivity contribution in [2.24, 2.45) is 5.41 Å². The maximum absolute atomic E-state index is 10.7. The summed E-state index contributed by atoms with van der Waals surface area (Å²) < 4.78 is 0. The second kappa shape index (κ2) is 2.55. The molecule has 0 heterocycles. The number of carbonyl (C=O) groups is 1. The van der Waals surface area contributed by atoms with Crippen molar-refractivity contribution in [2.75, 3.05) is 0 Å². The van der Waals surface area contributed by atoms with E-state index in [2.05, 4.69) is 4.79 Å². The van der Waals surface area contributed by atoms with Gasteiger partial charge in [0, 0.05) is 0 Å². The Hall–Kier alpha value is -0.950. The summed E-state index contributed by atoms with van der Waals surface area (Å²) >= 11 is 0. The van der Waals surface area contributed by atoms with Crippen molar-refractivity contribution in [3.05, 3.63) is 5.53 Å². The van der Waals surface area contributed by atoms with Crippen LogP contribution in [0.2, 0.25) is 0 Å². The van der Waals surface area contributed by atoms with Gasteiger partial charge in [-0.05, 0) is 20.8 Å². The van der Waals surface area contributed by atoms with Crippen LogP contribution in [0.15, 0.2) is 0 Å². The average Bonchev–Trinajstić information content (AvgIpc) is 1.65. The molecule has 9 heavy (non-hydrogen) atoms. The summed E-state index contributed by atoms with van der Waals surface area (Å²) in [5.41, 5.74) is 7.44. The molecule has 0 aliphatic heterocycles. The molecule has 0 spiro atoms. The highest BCUT2D eigenvalue weighted by atomic mass is 16.1. The predicted molar refractivity (Wildman–Crippen MR) is 34.1 cm³/mol. The smallest absolute Gasteiger partial charge is 0.270 e. The number of hydrogen-bond acceptors (Lipinski definition) is 1. The average molecular weight is 126 g/mol. The number of nitrogens with zero attached hydrogens (tertiary/aromatic N) is 2. The normalized spacial score (nSPS) is 10.1. The first kappa shape index (κ1) is 8.05. The number of ketones is 1. The van der Waals surface area contributed by atoms with Crippen LogP contribution in [0.25, 0.3) is 5.53 Å². The van der Waals surface area contributed by atoms with Gasteiger partial charge in [0.05, 0.1) is 0 Å². The van der Waals surface area contributed by atoms with Crippen LogP contribution in [0, 0.1) is 5.41 Å². The first-order valence-electron chi connectivity index (χ1n) is 2.70. The van der Waals surface area contributed by atoms with Crippen molar-refractivity contribution in [3.8, 4) is 0 Å². The molecule has 0 aliphatic rings. The molecule has 0 unspecified atom stereocenters. The van der Waals surface area contributed by atoms with Crippen molar-refractivity contribution >= 4 is 12.0 Å². The van der Waals surface area contributed by atoms with E-state index in [0.717, 1.165) is 0 Å². The minimum Gasteiger partial charge on any atom is -0.362 e. The molecule has 0 rings (SSSR count). The molecule has 0 saturated heterocycles. The van der Waals surface area contributed by atoms with Crippen LogP contribution in [0.1, 0.15) is 20.8 Å². The van der Waals surface area contributed by atoms with E-state index in [1.165, 1.54) is 13.1 Å². The van der Waals surface area contributed by atoms with Crippen molar-refractivity contribution in [1.82, 2.24) is 0 Å². The van der Waals surface area contributed by atoms with E-state index in [1.807, 2.05) is 0 Å². The van der Waals surface area contributed by atoms with Crippen molar-refractivity contribution in [3.63, 3.8) is 0 Å². The van der Waals surface area contributed by atoms with Crippen LogP contribution in [0.3, 0.4) is 0 Å². The van der Waals surface area contributed by atoms with E-state index in [0.29, 0.717) is 0 Å². The fraction of sp³-hybridized carbons (Fsp3) is 0.667. The molecule has 0 bridgehead atoms. The fourth-order valence-electron chi connectivity index (χ4n) is 0.235. The lowest BCUT2D eigenvalue weighted by Gasteiger charge is -2.06. The van der Waals surface area contributed by atoms with Gasteiger partial charge >= 0.3 is 0 Å². The maximum Gasteiger partial charge on any atom is 0.270 e. The van der Waals surface area contributed by atoms with Crippen LogP contribution in [0.4, 0.5) is 0 Å². The number of rotatable bonds is 2. The third kappa shape index (κ3) is 2.20. The van der Waals surface area contributed by atoms with Gasteiger partial charge in [0.15, 0.2) is 0 Å². The highest BCUT2D eigenvalue weighted by Crippen LogP contribution is 2.10. The second-order valence-electron chi connectivity index (χ2n) is 2.52. The third-order valence-electron chi connectivity index (χ3n) is 1.29. The zero-order valence-corrected chi connectivity index (χ0v) is 5.88. The van der Waals surface area contributed by atoms with Gasteiger partial charge in [-0.25, -0.2) is 0 Å². The Bertz CT molecular complexity index is 162. The molecule has 0 saturated carbocycles. The summed E-state index contributed by atoms with van der Waals surface area (Å²) in [6.07, 6.45) is 1.22. The van der Waals surface area contributed by atoms with E-state index >= 15 is 0 Å². The Labute approximate surface area is 54.3 Å². The molecule has 0 N–H and O–H groups in total. The number of hydrogen-bond donors (Lipinski definition) is 0. The monoisotopic (exact) mass is 126 g/mol. The van der Waals surface area contributed by atoms with Gasteiger partial charge in [-0.2, -0.15) is 4.79 Å². The Balaban J connectivity index is 4.37. The predicted octanol–water partition coefficient (Wildman–Crippen LogP) is 0.902. The number of Topliss-reactive ketones (excluding diaryl/α,β-unsaturated/α-hetero) is 1. The van der Waals surface area contributed by atoms with Gasteiger partial charge in [-0.1, -0.05) is 0 Å². The molecule has 0 atom stereocenters. The third-order valence-corrected chi connectivity index (χ3v) is 1.29. The lowest BCUT2D eigenvalue weighted by atomic mass is 9.91. The van der Waals surface area contributed by atoms with E-state index in [1.54, 1.807) is 13.8 Å². The van der Waals surface area contributed by atoms with Crippen molar-refractivity contribution in [1.29, 1.82) is 0 Å². The molecule has 0 fully saturated rings. The quantitative estimate of drug-likeness (QED) is 0.308. The van der Waals surface area contributed by atoms with Crippen molar-refractivity contribution in [2.45, 2.75) is 20.8 Å². The molecule has 0 amide bonds. The Kier molecular flexibility index (Phi) is 2.29. The summed E-state index contributed by atoms with van der Waals surface area (Å²) in [5.74, 6) is -0.0136. The molecular formula is C6H10N2O. The molecule has 0 aromatic rings. The first-order chi connectivity index (χ1) is 4.00. The van der Waals surface area contributed by atoms with Gasteiger partial charge in [0.1, 0.15) is 11.2 Å².